The molecule has 0 aliphatic carbocycles. The van der Waals surface area contributed by atoms with Gasteiger partial charge in [0.1, 0.15) is 0 Å². The third kappa shape index (κ3) is 3.11. The lowest BCUT2D eigenvalue weighted by molar-refractivity contribution is 0.766. The summed E-state index contributed by atoms with van der Waals surface area (Å²) >= 11 is 1.74. The number of benzene rings is 1. The topological polar surface area (TPSA) is 47.1 Å². The Bertz CT molecular complexity index is 550. The number of hydrogen-bond acceptors (Lipinski definition) is 4. The first-order valence-electron chi connectivity index (χ1n) is 6.20. The van der Waals surface area contributed by atoms with Crippen LogP contribution in [0.1, 0.15) is 11.1 Å². The third-order valence-electron chi connectivity index (χ3n) is 3.12. The van der Waals surface area contributed by atoms with Crippen molar-refractivity contribution >= 4 is 17.4 Å². The molecule has 5 heteroatoms. The number of hydrogen-bond donors (Lipinski definition) is 1. The van der Waals surface area contributed by atoms with Crippen LogP contribution in [0.5, 0.6) is 0 Å². The second-order valence-electron chi connectivity index (χ2n) is 4.54. The van der Waals surface area contributed by atoms with E-state index in [2.05, 4.69) is 41.5 Å². The highest BCUT2D eigenvalue weighted by Gasteiger charge is 2.11. The van der Waals surface area contributed by atoms with Crippen LogP contribution in [0, 0.1) is 0 Å². The average molecular weight is 276 g/mol. The van der Waals surface area contributed by atoms with Crippen LogP contribution in [-0.2, 0) is 20.1 Å². The molecule has 2 N–H and O–H groups in total. The molecule has 0 saturated heterocycles. The number of rotatable bonds is 5. The van der Waals surface area contributed by atoms with Gasteiger partial charge in [-0.05, 0) is 18.4 Å². The molecule has 2 aromatic rings. The van der Waals surface area contributed by atoms with Crippen LogP contribution in [0.15, 0.2) is 35.5 Å². The van der Waals surface area contributed by atoms with Crippen LogP contribution < -0.4 is 10.6 Å². The minimum atomic E-state index is 0.559. The monoisotopic (exact) mass is 276 g/mol. The second-order valence-corrected chi connectivity index (χ2v) is 5.39. The van der Waals surface area contributed by atoms with Gasteiger partial charge in [0.25, 0.3) is 0 Å². The van der Waals surface area contributed by atoms with Crippen molar-refractivity contribution in [1.29, 1.82) is 0 Å². The highest BCUT2D eigenvalue weighted by atomic mass is 32.2. The van der Waals surface area contributed by atoms with Gasteiger partial charge in [0, 0.05) is 55.1 Å². The van der Waals surface area contributed by atoms with Gasteiger partial charge in [-0.2, -0.15) is 5.10 Å². The maximum absolute atomic E-state index is 5.91. The van der Waals surface area contributed by atoms with E-state index in [0.29, 0.717) is 6.54 Å². The van der Waals surface area contributed by atoms with Crippen molar-refractivity contribution in [3.8, 4) is 0 Å². The number of nitrogens with two attached hydrogens (primary N) is 1. The summed E-state index contributed by atoms with van der Waals surface area (Å²) in [6, 6.07) is 6.33. The first-order valence-corrected chi connectivity index (χ1v) is 7.42. The minimum absolute atomic E-state index is 0.559. The maximum Gasteiger partial charge on any atom is 0.0539 e. The first-order chi connectivity index (χ1) is 9.15. The van der Waals surface area contributed by atoms with E-state index in [9.17, 15) is 0 Å². The van der Waals surface area contributed by atoms with Gasteiger partial charge < -0.3 is 10.6 Å². The maximum atomic E-state index is 5.91. The molecule has 0 atom stereocenters. The van der Waals surface area contributed by atoms with E-state index in [1.807, 2.05) is 24.1 Å². The lowest BCUT2D eigenvalue weighted by atomic mass is 10.1. The van der Waals surface area contributed by atoms with Crippen molar-refractivity contribution in [2.45, 2.75) is 18.0 Å². The van der Waals surface area contributed by atoms with Crippen LogP contribution in [0.25, 0.3) is 0 Å². The molecule has 0 fully saturated rings. The predicted octanol–water partition coefficient (Wildman–Crippen LogP) is 2.24. The fourth-order valence-electron chi connectivity index (χ4n) is 2.22. The molecular weight excluding hydrogens is 256 g/mol. The van der Waals surface area contributed by atoms with Crippen molar-refractivity contribution in [2.24, 2.45) is 12.8 Å². The van der Waals surface area contributed by atoms with Crippen LogP contribution in [0.4, 0.5) is 5.69 Å². The molecule has 1 aromatic heterocycles. The number of aromatic nitrogens is 2. The summed E-state index contributed by atoms with van der Waals surface area (Å²) in [6.45, 7) is 1.39. The Kier molecular flexibility index (Phi) is 4.50. The van der Waals surface area contributed by atoms with Gasteiger partial charge in [-0.25, -0.2) is 0 Å². The van der Waals surface area contributed by atoms with E-state index in [4.69, 9.17) is 5.73 Å². The van der Waals surface area contributed by atoms with Crippen LogP contribution in [0.2, 0.25) is 0 Å². The van der Waals surface area contributed by atoms with Gasteiger partial charge >= 0.3 is 0 Å². The molecule has 0 bridgehead atoms. The molecule has 0 saturated carbocycles. The summed E-state index contributed by atoms with van der Waals surface area (Å²) in [5.41, 5.74) is 9.51. The molecule has 0 amide bonds. The van der Waals surface area contributed by atoms with Gasteiger partial charge in [0.15, 0.2) is 0 Å². The molecule has 1 aromatic carbocycles. The molecule has 4 nitrogen and oxygen atoms in total. The van der Waals surface area contributed by atoms with Gasteiger partial charge in [0.05, 0.1) is 6.20 Å². The third-order valence-corrected chi connectivity index (χ3v) is 3.94. The van der Waals surface area contributed by atoms with E-state index in [1.165, 1.54) is 21.7 Å². The molecule has 0 aliphatic rings. The smallest absolute Gasteiger partial charge is 0.0539 e. The minimum Gasteiger partial charge on any atom is -0.370 e. The summed E-state index contributed by atoms with van der Waals surface area (Å²) in [6.07, 6.45) is 6.02. The normalized spacial score (nSPS) is 10.7. The van der Waals surface area contributed by atoms with E-state index >= 15 is 0 Å². The Labute approximate surface area is 118 Å². The van der Waals surface area contributed by atoms with Crippen LogP contribution in [-0.4, -0.2) is 23.1 Å². The highest BCUT2D eigenvalue weighted by molar-refractivity contribution is 7.98. The number of aryl methyl sites for hydroxylation is 1. The van der Waals surface area contributed by atoms with Crippen molar-refractivity contribution in [3.63, 3.8) is 0 Å². The summed E-state index contributed by atoms with van der Waals surface area (Å²) < 4.78 is 1.82. The summed E-state index contributed by atoms with van der Waals surface area (Å²) in [7, 11) is 4.02. The van der Waals surface area contributed by atoms with Crippen molar-refractivity contribution in [3.05, 3.63) is 41.7 Å². The summed E-state index contributed by atoms with van der Waals surface area (Å²) in [5.74, 6) is 0. The summed E-state index contributed by atoms with van der Waals surface area (Å²) in [5, 5.41) is 4.20. The molecule has 0 unspecified atom stereocenters. The number of nitrogens with zero attached hydrogens (tertiary/aromatic N) is 3. The highest BCUT2D eigenvalue weighted by Crippen LogP contribution is 2.29. The molecule has 0 spiro atoms. The molecule has 19 heavy (non-hydrogen) atoms. The van der Waals surface area contributed by atoms with Gasteiger partial charge in [-0.3, -0.25) is 4.68 Å². The standard InChI is InChI=1S/C14H20N4S/c1-17(9-11-8-16-18(2)10-11)13-5-4-6-14(19-3)12(13)7-15/h4-6,8,10H,7,9,15H2,1-3H3. The lowest BCUT2D eigenvalue weighted by Gasteiger charge is -2.23. The van der Waals surface area contributed by atoms with E-state index in [0.717, 1.165) is 6.54 Å². The Balaban J connectivity index is 2.25. The van der Waals surface area contributed by atoms with Crippen LogP contribution >= 0.6 is 11.8 Å². The molecule has 2 rings (SSSR count). The van der Waals surface area contributed by atoms with Gasteiger partial charge in [-0.15, -0.1) is 11.8 Å². The quantitative estimate of drug-likeness (QED) is 0.851. The molecule has 102 valence electrons. The van der Waals surface area contributed by atoms with E-state index < -0.39 is 0 Å². The SMILES string of the molecule is CSc1cccc(N(C)Cc2cnn(C)c2)c1CN. The van der Waals surface area contributed by atoms with Gasteiger partial charge in [-0.1, -0.05) is 6.07 Å². The van der Waals surface area contributed by atoms with E-state index in [1.54, 1.807) is 11.8 Å². The van der Waals surface area contributed by atoms with E-state index in [-0.39, 0.29) is 0 Å². The molecule has 0 aliphatic heterocycles. The summed E-state index contributed by atoms with van der Waals surface area (Å²) in [4.78, 5) is 3.47. The van der Waals surface area contributed by atoms with Crippen molar-refractivity contribution in [2.75, 3.05) is 18.2 Å². The van der Waals surface area contributed by atoms with Crippen molar-refractivity contribution < 1.29 is 0 Å². The molecule has 1 heterocycles. The zero-order valence-electron chi connectivity index (χ0n) is 11.6. The zero-order chi connectivity index (χ0) is 13.8. The largest absolute Gasteiger partial charge is 0.370 e. The molecular formula is C14H20N4S. The number of thioether (sulfide) groups is 1. The Morgan fingerprint density at radius 2 is 2.21 bits per heavy atom. The number of anilines is 1. The first kappa shape index (κ1) is 14.0. The molecule has 0 radical (unpaired) electrons. The van der Waals surface area contributed by atoms with Crippen molar-refractivity contribution in [1.82, 2.24) is 9.78 Å². The van der Waals surface area contributed by atoms with Crippen LogP contribution in [0.3, 0.4) is 0 Å². The fourth-order valence-corrected chi connectivity index (χ4v) is 2.87. The lowest BCUT2D eigenvalue weighted by Crippen LogP contribution is -2.19. The average Bonchev–Trinajstić information content (AvgIpc) is 2.82. The predicted molar refractivity (Wildman–Crippen MR) is 81.4 cm³/mol. The Morgan fingerprint density at radius 3 is 2.79 bits per heavy atom. The Morgan fingerprint density at radius 1 is 1.42 bits per heavy atom. The van der Waals surface area contributed by atoms with Gasteiger partial charge in [0.2, 0.25) is 0 Å². The zero-order valence-corrected chi connectivity index (χ0v) is 12.4. The second kappa shape index (κ2) is 6.12. The Hall–Kier alpha value is -1.46. The fraction of sp³-hybridized carbons (Fsp3) is 0.357.